The molecule has 0 heterocycles. The van der Waals surface area contributed by atoms with Crippen LogP contribution in [0.25, 0.3) is 0 Å². The maximum atomic E-state index is 10.8. The second-order valence-corrected chi connectivity index (χ2v) is 5.60. The van der Waals surface area contributed by atoms with E-state index < -0.39 is 5.97 Å². The van der Waals surface area contributed by atoms with E-state index in [2.05, 4.69) is 26.8 Å². The van der Waals surface area contributed by atoms with Crippen molar-refractivity contribution in [3.63, 3.8) is 0 Å². The highest BCUT2D eigenvalue weighted by Crippen LogP contribution is 2.42. The summed E-state index contributed by atoms with van der Waals surface area (Å²) in [6.07, 6.45) is 2.80. The van der Waals surface area contributed by atoms with Crippen molar-refractivity contribution >= 4 is 5.97 Å². The fraction of sp³-hybridized carbons (Fsp3) is 0.562. The van der Waals surface area contributed by atoms with Gasteiger partial charge in [-0.05, 0) is 74.3 Å². The number of benzene rings is 1. The molecule has 1 aliphatic carbocycles. The number of carbonyl (C=O) groups is 1. The van der Waals surface area contributed by atoms with E-state index in [4.69, 9.17) is 9.84 Å². The Bertz CT molecular complexity index is 505. The first kappa shape index (κ1) is 13.9. The van der Waals surface area contributed by atoms with Crippen molar-refractivity contribution in [2.24, 2.45) is 11.8 Å². The molecule has 0 radical (unpaired) electrons. The summed E-state index contributed by atoms with van der Waals surface area (Å²) in [5.74, 6) is 0.580. The summed E-state index contributed by atoms with van der Waals surface area (Å²) >= 11 is 0. The number of methoxy groups -OCH3 is 1. The highest BCUT2D eigenvalue weighted by molar-refractivity contribution is 5.73. The van der Waals surface area contributed by atoms with Crippen LogP contribution in [0, 0.1) is 32.6 Å². The molecule has 2 atom stereocenters. The van der Waals surface area contributed by atoms with Gasteiger partial charge in [0, 0.05) is 0 Å². The third-order valence-corrected chi connectivity index (χ3v) is 4.43. The molecular weight excluding hydrogens is 240 g/mol. The van der Waals surface area contributed by atoms with Gasteiger partial charge in [-0.1, -0.05) is 0 Å². The predicted molar refractivity (Wildman–Crippen MR) is 74.8 cm³/mol. The maximum Gasteiger partial charge on any atom is 0.306 e. The third kappa shape index (κ3) is 2.75. The van der Waals surface area contributed by atoms with Crippen LogP contribution in [0.4, 0.5) is 0 Å². The minimum absolute atomic E-state index is 0.0973. The Morgan fingerprint density at radius 1 is 1.37 bits per heavy atom. The summed E-state index contributed by atoms with van der Waals surface area (Å²) in [5.41, 5.74) is 5.07. The molecule has 3 heteroatoms. The molecule has 1 aromatic rings. The molecule has 1 aromatic carbocycles. The standard InChI is InChI=1S/C16H22O3/c1-9-7-15(19-4)11(3)10(2)13(9)6-5-12-8-14(12)16(17)18/h7,12,14H,5-6,8H2,1-4H3,(H,17,18). The Morgan fingerprint density at radius 2 is 2.05 bits per heavy atom. The van der Waals surface area contributed by atoms with E-state index in [0.717, 1.165) is 25.0 Å². The molecule has 0 spiro atoms. The maximum absolute atomic E-state index is 10.8. The van der Waals surface area contributed by atoms with E-state index in [1.165, 1.54) is 22.3 Å². The molecule has 0 amide bonds. The molecule has 0 bridgehead atoms. The monoisotopic (exact) mass is 262 g/mol. The fourth-order valence-corrected chi connectivity index (χ4v) is 2.89. The van der Waals surface area contributed by atoms with Gasteiger partial charge in [0.15, 0.2) is 0 Å². The second kappa shape index (κ2) is 5.24. The molecule has 1 aliphatic rings. The molecule has 0 aliphatic heterocycles. The van der Waals surface area contributed by atoms with Crippen LogP contribution in [-0.4, -0.2) is 18.2 Å². The molecule has 0 aromatic heterocycles. The summed E-state index contributed by atoms with van der Waals surface area (Å²) in [5, 5.41) is 8.93. The van der Waals surface area contributed by atoms with Gasteiger partial charge in [0.25, 0.3) is 0 Å². The Kier molecular flexibility index (Phi) is 3.83. The van der Waals surface area contributed by atoms with Crippen LogP contribution >= 0.6 is 0 Å². The van der Waals surface area contributed by atoms with Gasteiger partial charge in [0.2, 0.25) is 0 Å². The lowest BCUT2D eigenvalue weighted by Crippen LogP contribution is -2.03. The van der Waals surface area contributed by atoms with E-state index in [0.29, 0.717) is 5.92 Å². The highest BCUT2D eigenvalue weighted by atomic mass is 16.5. The molecule has 2 rings (SSSR count). The summed E-state index contributed by atoms with van der Waals surface area (Å²) in [7, 11) is 1.70. The SMILES string of the molecule is COc1cc(C)c(CCC2CC2C(=O)O)c(C)c1C. The van der Waals surface area contributed by atoms with Crippen LogP contribution in [0.3, 0.4) is 0 Å². The second-order valence-electron chi connectivity index (χ2n) is 5.60. The van der Waals surface area contributed by atoms with Crippen molar-refractivity contribution in [3.05, 3.63) is 28.3 Å². The largest absolute Gasteiger partial charge is 0.496 e. The van der Waals surface area contributed by atoms with Crippen molar-refractivity contribution in [1.29, 1.82) is 0 Å². The topological polar surface area (TPSA) is 46.5 Å². The Hall–Kier alpha value is -1.51. The first-order valence-electron chi connectivity index (χ1n) is 6.82. The summed E-state index contributed by atoms with van der Waals surface area (Å²) in [6, 6.07) is 2.08. The van der Waals surface area contributed by atoms with Gasteiger partial charge >= 0.3 is 5.97 Å². The first-order valence-corrected chi connectivity index (χ1v) is 6.82. The van der Waals surface area contributed by atoms with E-state index in [-0.39, 0.29) is 5.92 Å². The lowest BCUT2D eigenvalue weighted by molar-refractivity contribution is -0.138. The van der Waals surface area contributed by atoms with E-state index in [1.54, 1.807) is 7.11 Å². The number of hydrogen-bond acceptors (Lipinski definition) is 2. The average Bonchev–Trinajstić information content (AvgIpc) is 3.13. The zero-order valence-corrected chi connectivity index (χ0v) is 12.1. The van der Waals surface area contributed by atoms with Crippen LogP contribution in [0.2, 0.25) is 0 Å². The molecule has 2 unspecified atom stereocenters. The van der Waals surface area contributed by atoms with Crippen LogP contribution in [-0.2, 0) is 11.2 Å². The zero-order chi connectivity index (χ0) is 14.2. The summed E-state index contributed by atoms with van der Waals surface area (Å²) < 4.78 is 5.37. The number of hydrogen-bond donors (Lipinski definition) is 1. The van der Waals surface area contributed by atoms with Gasteiger partial charge in [-0.2, -0.15) is 0 Å². The molecule has 104 valence electrons. The van der Waals surface area contributed by atoms with Crippen molar-refractivity contribution in [2.75, 3.05) is 7.11 Å². The zero-order valence-electron chi connectivity index (χ0n) is 12.1. The quantitative estimate of drug-likeness (QED) is 0.885. The summed E-state index contributed by atoms with van der Waals surface area (Å²) in [4.78, 5) is 10.8. The number of carboxylic acids is 1. The molecule has 1 N–H and O–H groups in total. The molecule has 1 fully saturated rings. The van der Waals surface area contributed by atoms with Gasteiger partial charge in [0.1, 0.15) is 5.75 Å². The normalized spacial score (nSPS) is 21.3. The van der Waals surface area contributed by atoms with Crippen LogP contribution < -0.4 is 4.74 Å². The van der Waals surface area contributed by atoms with Gasteiger partial charge in [-0.25, -0.2) is 0 Å². The summed E-state index contributed by atoms with van der Waals surface area (Å²) in [6.45, 7) is 6.31. The van der Waals surface area contributed by atoms with Gasteiger partial charge in [0.05, 0.1) is 13.0 Å². The van der Waals surface area contributed by atoms with Gasteiger partial charge in [-0.3, -0.25) is 4.79 Å². The van der Waals surface area contributed by atoms with Crippen LogP contribution in [0.1, 0.15) is 35.1 Å². The van der Waals surface area contributed by atoms with E-state index in [9.17, 15) is 4.79 Å². The van der Waals surface area contributed by atoms with Crippen molar-refractivity contribution < 1.29 is 14.6 Å². The minimum atomic E-state index is -0.635. The predicted octanol–water partition coefficient (Wildman–Crippen LogP) is 3.27. The number of aliphatic carboxylic acids is 1. The van der Waals surface area contributed by atoms with Gasteiger partial charge < -0.3 is 9.84 Å². The van der Waals surface area contributed by atoms with Crippen molar-refractivity contribution in [2.45, 2.75) is 40.0 Å². The first-order chi connectivity index (χ1) is 8.95. The lowest BCUT2D eigenvalue weighted by atomic mass is 9.93. The lowest BCUT2D eigenvalue weighted by Gasteiger charge is -2.16. The Balaban J connectivity index is 2.09. The van der Waals surface area contributed by atoms with E-state index >= 15 is 0 Å². The molecule has 0 saturated heterocycles. The molecule has 19 heavy (non-hydrogen) atoms. The number of rotatable bonds is 5. The third-order valence-electron chi connectivity index (χ3n) is 4.43. The number of ether oxygens (including phenoxy) is 1. The average molecular weight is 262 g/mol. The number of carboxylic acid groups (broad SMARTS) is 1. The number of aryl methyl sites for hydroxylation is 1. The minimum Gasteiger partial charge on any atom is -0.496 e. The van der Waals surface area contributed by atoms with Crippen molar-refractivity contribution in [1.82, 2.24) is 0 Å². The van der Waals surface area contributed by atoms with Crippen LogP contribution in [0.5, 0.6) is 5.75 Å². The smallest absolute Gasteiger partial charge is 0.306 e. The van der Waals surface area contributed by atoms with E-state index in [1.807, 2.05) is 0 Å². The Morgan fingerprint density at radius 3 is 2.58 bits per heavy atom. The fourth-order valence-electron chi connectivity index (χ4n) is 2.89. The Labute approximate surface area is 114 Å². The molecular formula is C16H22O3. The van der Waals surface area contributed by atoms with Crippen LogP contribution in [0.15, 0.2) is 6.07 Å². The van der Waals surface area contributed by atoms with Crippen molar-refractivity contribution in [3.8, 4) is 5.75 Å². The molecule has 3 nitrogen and oxygen atoms in total. The molecule has 1 saturated carbocycles. The van der Waals surface area contributed by atoms with Gasteiger partial charge in [-0.15, -0.1) is 0 Å². The highest BCUT2D eigenvalue weighted by Gasteiger charge is 2.42.